The van der Waals surface area contributed by atoms with Gasteiger partial charge >= 0.3 is 5.97 Å². The number of phenolic OH excluding ortho intramolecular Hbond substituents is 1. The van der Waals surface area contributed by atoms with Gasteiger partial charge in [0.1, 0.15) is 5.75 Å². The molecule has 1 aromatic carbocycles. The van der Waals surface area contributed by atoms with Crippen LogP contribution >= 0.6 is 15.9 Å². The molecule has 0 atom stereocenters. The van der Waals surface area contributed by atoms with Gasteiger partial charge in [0.25, 0.3) is 0 Å². The number of aliphatic carboxylic acids is 1. The molecule has 16 heavy (non-hydrogen) atoms. The Morgan fingerprint density at radius 1 is 1.44 bits per heavy atom. The molecule has 0 bridgehead atoms. The number of hydrogen-bond acceptors (Lipinski definition) is 2. The van der Waals surface area contributed by atoms with E-state index in [1.54, 1.807) is 12.1 Å². The van der Waals surface area contributed by atoms with E-state index in [0.717, 1.165) is 24.8 Å². The fourth-order valence-corrected chi connectivity index (χ4v) is 3.05. The van der Waals surface area contributed by atoms with Gasteiger partial charge in [0.05, 0.1) is 10.9 Å². The standard InChI is InChI=1S/C12H13BrO3/c13-11-8(3-1-4-9(11)14)12(5-2-6-12)7-10(15)16/h1,3-4,14H,2,5-7H2,(H,15,16). The Kier molecular flexibility index (Phi) is 2.93. The first-order valence-corrected chi connectivity index (χ1v) is 6.04. The Morgan fingerprint density at radius 3 is 2.62 bits per heavy atom. The molecule has 0 spiro atoms. The third kappa shape index (κ3) is 1.82. The maximum Gasteiger partial charge on any atom is 0.304 e. The van der Waals surface area contributed by atoms with Crippen LogP contribution in [0.4, 0.5) is 0 Å². The average molecular weight is 285 g/mol. The Labute approximate surface area is 102 Å². The van der Waals surface area contributed by atoms with E-state index >= 15 is 0 Å². The molecule has 0 radical (unpaired) electrons. The molecule has 0 heterocycles. The smallest absolute Gasteiger partial charge is 0.304 e. The third-order valence-corrected chi connectivity index (χ3v) is 4.18. The van der Waals surface area contributed by atoms with Crippen LogP contribution in [-0.4, -0.2) is 16.2 Å². The highest BCUT2D eigenvalue weighted by Gasteiger charge is 2.42. The SMILES string of the molecule is O=C(O)CC1(c2cccc(O)c2Br)CCC1. The molecule has 3 nitrogen and oxygen atoms in total. The lowest BCUT2D eigenvalue weighted by atomic mass is 9.62. The van der Waals surface area contributed by atoms with Crippen LogP contribution in [0.25, 0.3) is 0 Å². The zero-order chi connectivity index (χ0) is 11.8. The molecule has 1 fully saturated rings. The van der Waals surface area contributed by atoms with E-state index in [2.05, 4.69) is 15.9 Å². The number of phenols is 1. The summed E-state index contributed by atoms with van der Waals surface area (Å²) in [5.41, 5.74) is 0.629. The lowest BCUT2D eigenvalue weighted by Gasteiger charge is -2.42. The number of benzene rings is 1. The minimum atomic E-state index is -0.782. The number of carboxylic acid groups (broad SMARTS) is 1. The number of hydrogen-bond donors (Lipinski definition) is 2. The van der Waals surface area contributed by atoms with E-state index in [-0.39, 0.29) is 17.6 Å². The summed E-state index contributed by atoms with van der Waals surface area (Å²) in [6, 6.07) is 5.25. The van der Waals surface area contributed by atoms with Crippen molar-refractivity contribution in [2.45, 2.75) is 31.1 Å². The van der Waals surface area contributed by atoms with Gasteiger partial charge in [-0.2, -0.15) is 0 Å². The molecule has 4 heteroatoms. The highest BCUT2D eigenvalue weighted by Crippen LogP contribution is 2.50. The minimum absolute atomic E-state index is 0.134. The molecular formula is C12H13BrO3. The number of carbonyl (C=O) groups is 1. The van der Waals surface area contributed by atoms with Crippen LogP contribution in [0, 0.1) is 0 Å². The topological polar surface area (TPSA) is 57.5 Å². The highest BCUT2D eigenvalue weighted by molar-refractivity contribution is 9.10. The van der Waals surface area contributed by atoms with Gasteiger partial charge in [-0.15, -0.1) is 0 Å². The summed E-state index contributed by atoms with van der Waals surface area (Å²) >= 11 is 3.34. The van der Waals surface area contributed by atoms with Gasteiger partial charge in [-0.3, -0.25) is 4.79 Å². The predicted octanol–water partition coefficient (Wildman–Crippen LogP) is 3.05. The minimum Gasteiger partial charge on any atom is -0.507 e. The zero-order valence-corrected chi connectivity index (χ0v) is 10.3. The van der Waals surface area contributed by atoms with Crippen molar-refractivity contribution in [3.8, 4) is 5.75 Å². The summed E-state index contributed by atoms with van der Waals surface area (Å²) in [5.74, 6) is -0.607. The maximum atomic E-state index is 10.9. The third-order valence-electron chi connectivity index (χ3n) is 3.35. The predicted molar refractivity (Wildman–Crippen MR) is 63.6 cm³/mol. The Morgan fingerprint density at radius 2 is 2.12 bits per heavy atom. The lowest BCUT2D eigenvalue weighted by Crippen LogP contribution is -2.36. The van der Waals surface area contributed by atoms with Crippen molar-refractivity contribution < 1.29 is 15.0 Å². The zero-order valence-electron chi connectivity index (χ0n) is 8.74. The Hall–Kier alpha value is -1.03. The van der Waals surface area contributed by atoms with Gasteiger partial charge in [0.2, 0.25) is 0 Å². The van der Waals surface area contributed by atoms with Crippen LogP contribution < -0.4 is 0 Å². The van der Waals surface area contributed by atoms with Gasteiger partial charge < -0.3 is 10.2 Å². The first-order chi connectivity index (χ1) is 7.55. The van der Waals surface area contributed by atoms with E-state index in [0.29, 0.717) is 4.47 Å². The second kappa shape index (κ2) is 4.09. The van der Waals surface area contributed by atoms with E-state index in [4.69, 9.17) is 5.11 Å². The molecule has 0 aliphatic heterocycles. The summed E-state index contributed by atoms with van der Waals surface area (Å²) in [6.07, 6.45) is 2.94. The average Bonchev–Trinajstić information content (AvgIpc) is 2.16. The van der Waals surface area contributed by atoms with Crippen LogP contribution in [0.3, 0.4) is 0 Å². The molecule has 0 unspecified atom stereocenters. The summed E-state index contributed by atoms with van der Waals surface area (Å²) in [6.45, 7) is 0. The van der Waals surface area contributed by atoms with Crippen molar-refractivity contribution >= 4 is 21.9 Å². The van der Waals surface area contributed by atoms with E-state index in [1.807, 2.05) is 6.07 Å². The molecule has 1 aliphatic rings. The van der Waals surface area contributed by atoms with Crippen molar-refractivity contribution in [3.63, 3.8) is 0 Å². The van der Waals surface area contributed by atoms with Crippen LogP contribution in [0.15, 0.2) is 22.7 Å². The highest BCUT2D eigenvalue weighted by atomic mass is 79.9. The van der Waals surface area contributed by atoms with E-state index < -0.39 is 5.97 Å². The number of halogens is 1. The van der Waals surface area contributed by atoms with Crippen LogP contribution in [-0.2, 0) is 10.2 Å². The normalized spacial score (nSPS) is 17.8. The van der Waals surface area contributed by atoms with Gasteiger partial charge in [0.15, 0.2) is 0 Å². The molecule has 0 amide bonds. The molecule has 1 saturated carbocycles. The molecule has 0 aromatic heterocycles. The first-order valence-electron chi connectivity index (χ1n) is 5.25. The maximum absolute atomic E-state index is 10.9. The lowest BCUT2D eigenvalue weighted by molar-refractivity contribution is -0.139. The second-order valence-electron chi connectivity index (χ2n) is 4.34. The Balaban J connectivity index is 2.40. The fourth-order valence-electron chi connectivity index (χ4n) is 2.36. The quantitative estimate of drug-likeness (QED) is 0.897. The van der Waals surface area contributed by atoms with Crippen LogP contribution in [0.1, 0.15) is 31.2 Å². The Bertz CT molecular complexity index is 424. The number of aromatic hydroxyl groups is 1. The largest absolute Gasteiger partial charge is 0.507 e. The molecule has 0 saturated heterocycles. The second-order valence-corrected chi connectivity index (χ2v) is 5.14. The fraction of sp³-hybridized carbons (Fsp3) is 0.417. The summed E-state index contributed by atoms with van der Waals surface area (Å²) in [5, 5.41) is 18.6. The molecule has 2 rings (SSSR count). The molecular weight excluding hydrogens is 272 g/mol. The van der Waals surface area contributed by atoms with Gasteiger partial charge in [-0.1, -0.05) is 18.6 Å². The summed E-state index contributed by atoms with van der Waals surface area (Å²) in [4.78, 5) is 10.9. The molecule has 1 aromatic rings. The molecule has 2 N–H and O–H groups in total. The van der Waals surface area contributed by atoms with Crippen molar-refractivity contribution in [1.82, 2.24) is 0 Å². The van der Waals surface area contributed by atoms with Gasteiger partial charge in [-0.25, -0.2) is 0 Å². The van der Waals surface area contributed by atoms with Gasteiger partial charge in [-0.05, 0) is 40.4 Å². The van der Waals surface area contributed by atoms with Crippen molar-refractivity contribution in [2.75, 3.05) is 0 Å². The van der Waals surface area contributed by atoms with Crippen LogP contribution in [0.5, 0.6) is 5.75 Å². The van der Waals surface area contributed by atoms with Gasteiger partial charge in [0, 0.05) is 5.41 Å². The summed E-state index contributed by atoms with van der Waals surface area (Å²) in [7, 11) is 0. The van der Waals surface area contributed by atoms with E-state index in [1.165, 1.54) is 0 Å². The van der Waals surface area contributed by atoms with E-state index in [9.17, 15) is 9.90 Å². The first kappa shape index (κ1) is 11.5. The van der Waals surface area contributed by atoms with Crippen LogP contribution in [0.2, 0.25) is 0 Å². The van der Waals surface area contributed by atoms with Crippen molar-refractivity contribution in [2.24, 2.45) is 0 Å². The number of rotatable bonds is 3. The molecule has 1 aliphatic carbocycles. The van der Waals surface area contributed by atoms with Crippen molar-refractivity contribution in [1.29, 1.82) is 0 Å². The summed E-state index contributed by atoms with van der Waals surface area (Å²) < 4.78 is 0.635. The number of carboxylic acids is 1. The molecule has 86 valence electrons. The monoisotopic (exact) mass is 284 g/mol. The van der Waals surface area contributed by atoms with Crippen molar-refractivity contribution in [3.05, 3.63) is 28.2 Å².